The van der Waals surface area contributed by atoms with Gasteiger partial charge in [-0.15, -0.1) is 0 Å². The summed E-state index contributed by atoms with van der Waals surface area (Å²) in [4.78, 5) is 26.0. The van der Waals surface area contributed by atoms with Crippen molar-refractivity contribution in [2.45, 2.75) is 6.92 Å². The Morgan fingerprint density at radius 2 is 1.86 bits per heavy atom. The predicted molar refractivity (Wildman–Crippen MR) is 105 cm³/mol. The van der Waals surface area contributed by atoms with E-state index in [0.717, 1.165) is 48.9 Å². The quantitative estimate of drug-likeness (QED) is 0.703. The zero-order chi connectivity index (χ0) is 19.1. The summed E-state index contributed by atoms with van der Waals surface area (Å²) in [5.41, 5.74) is 2.60. The van der Waals surface area contributed by atoms with Crippen LogP contribution in [0.15, 0.2) is 55.1 Å². The number of amides is 1. The van der Waals surface area contributed by atoms with E-state index in [1.165, 1.54) is 0 Å². The third kappa shape index (κ3) is 3.02. The fourth-order valence-electron chi connectivity index (χ4n) is 4.34. The number of carbonyl (C=O) groups excluding carboxylic acids is 1. The zero-order valence-corrected chi connectivity index (χ0v) is 15.8. The molecule has 0 spiro atoms. The molecule has 142 valence electrons. The molecule has 2 saturated heterocycles. The first-order valence-electron chi connectivity index (χ1n) is 9.60. The Hall–Kier alpha value is -3.22. The highest BCUT2D eigenvalue weighted by Crippen LogP contribution is 2.34. The molecule has 0 radical (unpaired) electrons. The second-order valence-corrected chi connectivity index (χ2v) is 7.65. The SMILES string of the molecule is Cc1cc(N2CC3CN(C(=O)c4cccc(-n5cccn5)c4)CC3C2)ncn1. The standard InChI is InChI=1S/C21H22N6O/c1-15-8-20(23-14-22-15)25-10-17-12-26(13-18(17)11-25)21(28)16-4-2-5-19(9-16)27-7-3-6-24-27/h2-9,14,17-18H,10-13H2,1H3. The maximum absolute atomic E-state index is 13.1. The minimum Gasteiger partial charge on any atom is -0.356 e. The molecule has 7 nitrogen and oxygen atoms in total. The fraction of sp³-hybridized carbons (Fsp3) is 0.333. The lowest BCUT2D eigenvalue weighted by Gasteiger charge is -2.22. The molecule has 28 heavy (non-hydrogen) atoms. The summed E-state index contributed by atoms with van der Waals surface area (Å²) in [7, 11) is 0. The van der Waals surface area contributed by atoms with Gasteiger partial charge in [0.25, 0.3) is 5.91 Å². The Balaban J connectivity index is 1.28. The van der Waals surface area contributed by atoms with Crippen LogP contribution in [0.1, 0.15) is 16.1 Å². The van der Waals surface area contributed by atoms with E-state index in [4.69, 9.17) is 0 Å². The third-order valence-electron chi connectivity index (χ3n) is 5.75. The van der Waals surface area contributed by atoms with E-state index in [2.05, 4.69) is 20.0 Å². The number of carbonyl (C=O) groups is 1. The molecule has 2 atom stereocenters. The van der Waals surface area contributed by atoms with Crippen molar-refractivity contribution in [3.05, 3.63) is 66.4 Å². The van der Waals surface area contributed by atoms with E-state index in [1.807, 2.05) is 54.4 Å². The van der Waals surface area contributed by atoms with Gasteiger partial charge in [-0.2, -0.15) is 5.10 Å². The average Bonchev–Trinajstić information content (AvgIpc) is 3.43. The number of benzene rings is 1. The molecule has 0 saturated carbocycles. The third-order valence-corrected chi connectivity index (χ3v) is 5.75. The first-order valence-corrected chi connectivity index (χ1v) is 9.60. The highest BCUT2D eigenvalue weighted by Gasteiger charge is 2.42. The van der Waals surface area contributed by atoms with Gasteiger partial charge in [0.2, 0.25) is 0 Å². The molecular weight excluding hydrogens is 352 g/mol. The summed E-state index contributed by atoms with van der Waals surface area (Å²) in [6.45, 7) is 5.47. The molecule has 1 aromatic carbocycles. The summed E-state index contributed by atoms with van der Waals surface area (Å²) in [5, 5.41) is 4.25. The Kier molecular flexibility index (Phi) is 4.07. The first kappa shape index (κ1) is 16.9. The van der Waals surface area contributed by atoms with Gasteiger partial charge in [0.1, 0.15) is 12.1 Å². The van der Waals surface area contributed by atoms with Crippen molar-refractivity contribution >= 4 is 11.7 Å². The molecule has 2 fully saturated rings. The lowest BCUT2D eigenvalue weighted by molar-refractivity contribution is 0.0782. The smallest absolute Gasteiger partial charge is 0.253 e. The molecule has 0 bridgehead atoms. The summed E-state index contributed by atoms with van der Waals surface area (Å²) in [5.74, 6) is 2.08. The monoisotopic (exact) mass is 374 g/mol. The van der Waals surface area contributed by atoms with E-state index < -0.39 is 0 Å². The number of aryl methyl sites for hydroxylation is 1. The fourth-order valence-corrected chi connectivity index (χ4v) is 4.34. The van der Waals surface area contributed by atoms with Gasteiger partial charge in [-0.05, 0) is 31.2 Å². The second-order valence-electron chi connectivity index (χ2n) is 7.65. The van der Waals surface area contributed by atoms with Gasteiger partial charge in [0.05, 0.1) is 5.69 Å². The Morgan fingerprint density at radius 1 is 1.04 bits per heavy atom. The summed E-state index contributed by atoms with van der Waals surface area (Å²) in [6.07, 6.45) is 5.25. The van der Waals surface area contributed by atoms with Crippen LogP contribution in [-0.4, -0.2) is 56.7 Å². The number of anilines is 1. The average molecular weight is 374 g/mol. The Labute approximate surface area is 163 Å². The number of aromatic nitrogens is 4. The lowest BCUT2D eigenvalue weighted by atomic mass is 10.0. The zero-order valence-electron chi connectivity index (χ0n) is 15.8. The van der Waals surface area contributed by atoms with E-state index in [9.17, 15) is 4.79 Å². The van der Waals surface area contributed by atoms with Gasteiger partial charge in [-0.25, -0.2) is 14.6 Å². The number of likely N-dealkylation sites (tertiary alicyclic amines) is 1. The maximum atomic E-state index is 13.1. The van der Waals surface area contributed by atoms with E-state index in [0.29, 0.717) is 11.8 Å². The molecule has 1 amide bonds. The normalized spacial score (nSPS) is 21.2. The van der Waals surface area contributed by atoms with E-state index in [1.54, 1.807) is 17.2 Å². The van der Waals surface area contributed by atoms with Gasteiger partial charge < -0.3 is 9.80 Å². The van der Waals surface area contributed by atoms with Crippen LogP contribution >= 0.6 is 0 Å². The van der Waals surface area contributed by atoms with Crippen LogP contribution in [0.3, 0.4) is 0 Å². The molecule has 5 rings (SSSR count). The first-order chi connectivity index (χ1) is 13.7. The second kappa shape index (κ2) is 6.74. The maximum Gasteiger partial charge on any atom is 0.253 e. The summed E-state index contributed by atoms with van der Waals surface area (Å²) in [6, 6.07) is 11.6. The summed E-state index contributed by atoms with van der Waals surface area (Å²) < 4.78 is 1.77. The van der Waals surface area contributed by atoms with Gasteiger partial charge in [0, 0.05) is 67.7 Å². The molecule has 3 aromatic rings. The van der Waals surface area contributed by atoms with Crippen LogP contribution in [0, 0.1) is 18.8 Å². The van der Waals surface area contributed by atoms with E-state index >= 15 is 0 Å². The van der Waals surface area contributed by atoms with Crippen molar-refractivity contribution in [1.82, 2.24) is 24.6 Å². The van der Waals surface area contributed by atoms with Crippen molar-refractivity contribution in [3.63, 3.8) is 0 Å². The van der Waals surface area contributed by atoms with E-state index in [-0.39, 0.29) is 5.91 Å². The van der Waals surface area contributed by atoms with Gasteiger partial charge in [0.15, 0.2) is 0 Å². The van der Waals surface area contributed by atoms with Crippen molar-refractivity contribution in [3.8, 4) is 5.69 Å². The minimum absolute atomic E-state index is 0.104. The van der Waals surface area contributed by atoms with Crippen LogP contribution < -0.4 is 4.90 Å². The number of hydrogen-bond donors (Lipinski definition) is 0. The van der Waals surface area contributed by atoms with Crippen molar-refractivity contribution in [2.24, 2.45) is 11.8 Å². The van der Waals surface area contributed by atoms with Crippen LogP contribution in [0.5, 0.6) is 0 Å². The van der Waals surface area contributed by atoms with Crippen LogP contribution in [0.4, 0.5) is 5.82 Å². The molecule has 7 heteroatoms. The van der Waals surface area contributed by atoms with Crippen molar-refractivity contribution in [2.75, 3.05) is 31.1 Å². The molecule has 2 unspecified atom stereocenters. The van der Waals surface area contributed by atoms with Crippen LogP contribution in [0.2, 0.25) is 0 Å². The Morgan fingerprint density at radius 3 is 2.57 bits per heavy atom. The van der Waals surface area contributed by atoms with Gasteiger partial charge >= 0.3 is 0 Å². The Bertz CT molecular complexity index is 988. The number of fused-ring (bicyclic) bond motifs is 1. The van der Waals surface area contributed by atoms with Crippen molar-refractivity contribution < 1.29 is 4.79 Å². The summed E-state index contributed by atoms with van der Waals surface area (Å²) >= 11 is 0. The lowest BCUT2D eigenvalue weighted by Crippen LogP contribution is -2.33. The number of hydrogen-bond acceptors (Lipinski definition) is 5. The number of rotatable bonds is 3. The van der Waals surface area contributed by atoms with Crippen molar-refractivity contribution in [1.29, 1.82) is 0 Å². The minimum atomic E-state index is 0.104. The molecule has 2 aromatic heterocycles. The molecule has 2 aliphatic heterocycles. The largest absolute Gasteiger partial charge is 0.356 e. The molecule has 0 N–H and O–H groups in total. The van der Waals surface area contributed by atoms with Crippen LogP contribution in [0.25, 0.3) is 5.69 Å². The molecular formula is C21H22N6O. The highest BCUT2D eigenvalue weighted by atomic mass is 16.2. The van der Waals surface area contributed by atoms with Gasteiger partial charge in [-0.1, -0.05) is 6.07 Å². The van der Waals surface area contributed by atoms with Gasteiger partial charge in [-0.3, -0.25) is 4.79 Å². The predicted octanol–water partition coefficient (Wildman–Crippen LogP) is 2.18. The highest BCUT2D eigenvalue weighted by molar-refractivity contribution is 5.95. The molecule has 2 aliphatic rings. The topological polar surface area (TPSA) is 67.2 Å². The molecule has 4 heterocycles. The van der Waals surface area contributed by atoms with Crippen LogP contribution in [-0.2, 0) is 0 Å². The number of nitrogens with zero attached hydrogens (tertiary/aromatic N) is 6. The molecule has 0 aliphatic carbocycles.